The summed E-state index contributed by atoms with van der Waals surface area (Å²) in [4.78, 5) is 71.3. The van der Waals surface area contributed by atoms with Gasteiger partial charge in [0, 0.05) is 30.5 Å². The van der Waals surface area contributed by atoms with Crippen LogP contribution in [0.5, 0.6) is 0 Å². The SMILES string of the molecule is CC(C)(C)OC(=O)N[C@H]1CCCCCC=C[C@@H]2C[C@@]2(C(=O)NCC2CC2)NC(=O)[C@@H]2C[C@@H](OC(=O)N3Cc4cccc(Cl)c4C3)CN2C1=O. The maximum atomic E-state index is 14.3. The van der Waals surface area contributed by atoms with Crippen LogP contribution < -0.4 is 16.0 Å². The van der Waals surface area contributed by atoms with E-state index in [1.54, 1.807) is 31.7 Å². The molecule has 12 nitrogen and oxygen atoms in total. The van der Waals surface area contributed by atoms with Gasteiger partial charge in [0.1, 0.15) is 29.3 Å². The van der Waals surface area contributed by atoms with Crippen LogP contribution in [-0.2, 0) is 36.9 Å². The number of alkyl carbamates (subject to hydrolysis) is 1. The Kier molecular flexibility index (Phi) is 10.2. The maximum absolute atomic E-state index is 14.3. The number of nitrogens with zero attached hydrogens (tertiary/aromatic N) is 2. The second kappa shape index (κ2) is 14.2. The van der Waals surface area contributed by atoms with E-state index in [1.807, 2.05) is 18.2 Å². The Balaban J connectivity index is 1.23. The molecule has 13 heteroatoms. The molecule has 6 rings (SSSR count). The molecule has 0 spiro atoms. The van der Waals surface area contributed by atoms with Crippen molar-refractivity contribution in [2.24, 2.45) is 11.8 Å². The fourth-order valence-electron chi connectivity index (χ4n) is 7.06. The number of ether oxygens (including phenoxy) is 2. The second-order valence-electron chi connectivity index (χ2n) is 15.2. The highest BCUT2D eigenvalue weighted by Crippen LogP contribution is 2.46. The monoisotopic (exact) mass is 697 g/mol. The molecular formula is C36H48ClN5O7. The average molecular weight is 698 g/mol. The number of hydrogen-bond donors (Lipinski definition) is 3. The van der Waals surface area contributed by atoms with Crippen molar-refractivity contribution < 1.29 is 33.4 Å². The predicted octanol–water partition coefficient (Wildman–Crippen LogP) is 4.58. The van der Waals surface area contributed by atoms with Gasteiger partial charge >= 0.3 is 12.2 Å². The molecule has 5 aliphatic rings. The Bertz CT molecular complexity index is 1510. The van der Waals surface area contributed by atoms with E-state index in [4.69, 9.17) is 21.1 Å². The molecule has 5 amide bonds. The van der Waals surface area contributed by atoms with Crippen molar-refractivity contribution in [3.63, 3.8) is 0 Å². The van der Waals surface area contributed by atoms with Crippen molar-refractivity contribution in [3.05, 3.63) is 46.5 Å². The summed E-state index contributed by atoms with van der Waals surface area (Å²) >= 11 is 6.37. The summed E-state index contributed by atoms with van der Waals surface area (Å²) in [6.07, 6.45) is 8.18. The van der Waals surface area contributed by atoms with E-state index >= 15 is 0 Å². The lowest BCUT2D eigenvalue weighted by molar-refractivity contribution is -0.141. The smallest absolute Gasteiger partial charge is 0.410 e. The molecule has 0 unspecified atom stereocenters. The van der Waals surface area contributed by atoms with E-state index in [-0.39, 0.29) is 24.8 Å². The number of carbonyl (C=O) groups excluding carboxylic acids is 5. The molecule has 49 heavy (non-hydrogen) atoms. The Hall–Kier alpha value is -3.80. The third kappa shape index (κ3) is 8.33. The first-order valence-electron chi connectivity index (χ1n) is 17.6. The normalized spacial score (nSPS) is 28.7. The molecule has 2 saturated carbocycles. The van der Waals surface area contributed by atoms with Crippen molar-refractivity contribution >= 4 is 41.5 Å². The van der Waals surface area contributed by atoms with Gasteiger partial charge in [-0.2, -0.15) is 0 Å². The summed E-state index contributed by atoms with van der Waals surface area (Å²) < 4.78 is 11.4. The summed E-state index contributed by atoms with van der Waals surface area (Å²) in [6.45, 7) is 6.39. The molecule has 0 radical (unpaired) electrons. The van der Waals surface area contributed by atoms with Crippen LogP contribution in [0.3, 0.4) is 0 Å². The third-order valence-electron chi connectivity index (χ3n) is 10.0. The van der Waals surface area contributed by atoms with Crippen LogP contribution >= 0.6 is 11.6 Å². The van der Waals surface area contributed by atoms with Crippen LogP contribution in [0.4, 0.5) is 9.59 Å². The minimum absolute atomic E-state index is 0.0408. The number of hydrogen-bond acceptors (Lipinski definition) is 7. The average Bonchev–Trinajstić information content (AvgIpc) is 3.89. The number of carbonyl (C=O) groups is 5. The van der Waals surface area contributed by atoms with E-state index in [1.165, 1.54) is 4.90 Å². The molecule has 2 aliphatic carbocycles. The van der Waals surface area contributed by atoms with Gasteiger partial charge in [0.25, 0.3) is 0 Å². The first-order valence-corrected chi connectivity index (χ1v) is 18.0. The number of benzene rings is 1. The van der Waals surface area contributed by atoms with E-state index in [0.717, 1.165) is 43.2 Å². The van der Waals surface area contributed by atoms with Crippen LogP contribution in [0.1, 0.15) is 89.7 Å². The van der Waals surface area contributed by atoms with Crippen molar-refractivity contribution in [3.8, 4) is 0 Å². The van der Waals surface area contributed by atoms with Gasteiger partial charge in [0.2, 0.25) is 17.7 Å². The van der Waals surface area contributed by atoms with Crippen LogP contribution in [0.25, 0.3) is 0 Å². The molecule has 3 aliphatic heterocycles. The quantitative estimate of drug-likeness (QED) is 0.382. The maximum Gasteiger partial charge on any atom is 0.410 e. The largest absolute Gasteiger partial charge is 0.444 e. The second-order valence-corrected chi connectivity index (χ2v) is 15.6. The summed E-state index contributed by atoms with van der Waals surface area (Å²) in [5.74, 6) is -0.862. The summed E-state index contributed by atoms with van der Waals surface area (Å²) in [7, 11) is 0. The predicted molar refractivity (Wildman–Crippen MR) is 181 cm³/mol. The fourth-order valence-corrected chi connectivity index (χ4v) is 7.31. The zero-order valence-corrected chi connectivity index (χ0v) is 29.4. The summed E-state index contributed by atoms with van der Waals surface area (Å²) in [5.41, 5.74) is -0.0824. The van der Waals surface area contributed by atoms with Gasteiger partial charge in [0.05, 0.1) is 13.1 Å². The van der Waals surface area contributed by atoms with Gasteiger partial charge in [-0.15, -0.1) is 0 Å². The van der Waals surface area contributed by atoms with Crippen molar-refractivity contribution in [1.29, 1.82) is 0 Å². The van der Waals surface area contributed by atoms with Gasteiger partial charge in [0.15, 0.2) is 0 Å². The fraction of sp³-hybridized carbons (Fsp3) is 0.639. The molecule has 0 bridgehead atoms. The van der Waals surface area contributed by atoms with Gasteiger partial charge < -0.3 is 30.3 Å². The molecule has 1 aromatic carbocycles. The van der Waals surface area contributed by atoms with Crippen molar-refractivity contribution in [1.82, 2.24) is 25.8 Å². The number of halogens is 1. The molecule has 3 N–H and O–H groups in total. The van der Waals surface area contributed by atoms with E-state index < -0.39 is 53.3 Å². The molecule has 1 aromatic rings. The molecule has 1 saturated heterocycles. The first kappa shape index (κ1) is 35.0. The zero-order valence-electron chi connectivity index (χ0n) is 28.6. The van der Waals surface area contributed by atoms with Gasteiger partial charge in [-0.25, -0.2) is 9.59 Å². The number of amides is 5. The van der Waals surface area contributed by atoms with Gasteiger partial charge in [-0.3, -0.25) is 19.3 Å². The Morgan fingerprint density at radius 3 is 2.61 bits per heavy atom. The lowest BCUT2D eigenvalue weighted by Gasteiger charge is -2.30. The topological polar surface area (TPSA) is 146 Å². The minimum Gasteiger partial charge on any atom is -0.444 e. The lowest BCUT2D eigenvalue weighted by Crippen LogP contribution is -2.58. The zero-order chi connectivity index (χ0) is 34.9. The van der Waals surface area contributed by atoms with E-state index in [9.17, 15) is 24.0 Å². The van der Waals surface area contributed by atoms with Crippen molar-refractivity contribution in [2.45, 2.75) is 121 Å². The number of allylic oxidation sites excluding steroid dienone is 1. The highest BCUT2D eigenvalue weighted by Gasteiger charge is 2.61. The highest BCUT2D eigenvalue weighted by atomic mass is 35.5. The first-order chi connectivity index (χ1) is 23.3. The lowest BCUT2D eigenvalue weighted by atomic mass is 10.0. The molecule has 0 aromatic heterocycles. The number of nitrogens with one attached hydrogen (secondary N) is 3. The Labute approximate surface area is 292 Å². The molecule has 3 fully saturated rings. The third-order valence-corrected chi connectivity index (χ3v) is 10.4. The molecule has 266 valence electrons. The summed E-state index contributed by atoms with van der Waals surface area (Å²) in [5, 5.41) is 9.40. The van der Waals surface area contributed by atoms with Crippen LogP contribution in [0.2, 0.25) is 5.02 Å². The van der Waals surface area contributed by atoms with Gasteiger partial charge in [-0.1, -0.05) is 48.7 Å². The molecule has 5 atom stereocenters. The molecular weight excluding hydrogens is 650 g/mol. The molecule has 3 heterocycles. The Morgan fingerprint density at radius 2 is 1.88 bits per heavy atom. The van der Waals surface area contributed by atoms with Crippen LogP contribution in [0.15, 0.2) is 30.4 Å². The van der Waals surface area contributed by atoms with Crippen molar-refractivity contribution in [2.75, 3.05) is 13.1 Å². The van der Waals surface area contributed by atoms with Gasteiger partial charge in [-0.05, 0) is 82.4 Å². The standard InChI is InChI=1S/C36H48ClN5O7/c1-35(2,3)49-33(46)39-28-13-8-6-4-5-7-11-24-17-36(24,32(45)38-18-22-14-15-22)40-30(43)29-16-25(20-42(29)31(28)44)48-34(47)41-19-23-10-9-12-27(37)26(23)21-41/h7,9-12,22,24-25,28-29H,4-6,8,13-21H2,1-3H3,(H,38,45)(H,39,46)(H,40,43)/t24-,25-,28+,29+,36-/m1/s1. The minimum atomic E-state index is -1.11. The number of rotatable bonds is 5. The van der Waals surface area contributed by atoms with E-state index in [2.05, 4.69) is 22.0 Å². The van der Waals surface area contributed by atoms with Crippen LogP contribution in [0, 0.1) is 11.8 Å². The number of fused-ring (bicyclic) bond motifs is 3. The highest BCUT2D eigenvalue weighted by molar-refractivity contribution is 6.31. The van der Waals surface area contributed by atoms with E-state index in [0.29, 0.717) is 49.8 Å². The Morgan fingerprint density at radius 1 is 1.08 bits per heavy atom. The van der Waals surface area contributed by atoms with Crippen LogP contribution in [-0.4, -0.2) is 82.1 Å². The summed E-state index contributed by atoms with van der Waals surface area (Å²) in [6, 6.07) is 3.55.